The van der Waals surface area contributed by atoms with Gasteiger partial charge in [0.2, 0.25) is 0 Å². The van der Waals surface area contributed by atoms with E-state index in [9.17, 15) is 4.39 Å². The summed E-state index contributed by atoms with van der Waals surface area (Å²) in [7, 11) is 0. The normalized spacial score (nSPS) is 25.8. The molecule has 0 spiro atoms. The third-order valence-electron chi connectivity index (χ3n) is 4.86. The van der Waals surface area contributed by atoms with Crippen LogP contribution in [0.4, 0.5) is 4.39 Å². The zero-order valence-corrected chi connectivity index (χ0v) is 12.9. The second kappa shape index (κ2) is 6.78. The Labute approximate surface area is 127 Å². The Hall–Kier alpha value is -1.09. The molecule has 0 aromatic heterocycles. The second-order valence-corrected chi connectivity index (χ2v) is 6.55. The zero-order valence-electron chi connectivity index (χ0n) is 12.9. The Morgan fingerprint density at radius 2 is 1.90 bits per heavy atom. The number of para-hydroxylation sites is 1. The van der Waals surface area contributed by atoms with Crippen molar-refractivity contribution in [2.45, 2.75) is 70.6 Å². The fourth-order valence-electron chi connectivity index (χ4n) is 3.19. The molecule has 2 aliphatic carbocycles. The summed E-state index contributed by atoms with van der Waals surface area (Å²) in [4.78, 5) is 0. The number of hydrogen-bond acceptors (Lipinski definition) is 2. The molecule has 0 atom stereocenters. The van der Waals surface area contributed by atoms with Gasteiger partial charge in [-0.25, -0.2) is 4.39 Å². The van der Waals surface area contributed by atoms with Crippen molar-refractivity contribution in [3.05, 3.63) is 29.6 Å². The lowest BCUT2D eigenvalue weighted by Crippen LogP contribution is -2.25. The average molecular weight is 291 g/mol. The van der Waals surface area contributed by atoms with E-state index in [1.807, 2.05) is 6.07 Å². The maximum atomic E-state index is 14.1. The lowest BCUT2D eigenvalue weighted by molar-refractivity contribution is 0.123. The number of benzene rings is 1. The van der Waals surface area contributed by atoms with E-state index in [0.717, 1.165) is 24.3 Å². The van der Waals surface area contributed by atoms with Gasteiger partial charge in [-0.15, -0.1) is 0 Å². The summed E-state index contributed by atoms with van der Waals surface area (Å²) in [5.41, 5.74) is 0.958. The summed E-state index contributed by atoms with van der Waals surface area (Å²) in [5.74, 6) is 1.09. The van der Waals surface area contributed by atoms with E-state index >= 15 is 0 Å². The highest BCUT2D eigenvalue weighted by molar-refractivity contribution is 5.35. The fraction of sp³-hybridized carbons (Fsp3) is 0.667. The van der Waals surface area contributed by atoms with Crippen LogP contribution in [0.2, 0.25) is 0 Å². The van der Waals surface area contributed by atoms with E-state index in [1.165, 1.54) is 38.2 Å². The third kappa shape index (κ3) is 3.97. The summed E-state index contributed by atoms with van der Waals surface area (Å²) in [6, 6.07) is 5.89. The molecular weight excluding hydrogens is 265 g/mol. The van der Waals surface area contributed by atoms with Crippen LogP contribution < -0.4 is 10.1 Å². The van der Waals surface area contributed by atoms with Gasteiger partial charge < -0.3 is 10.1 Å². The van der Waals surface area contributed by atoms with Gasteiger partial charge >= 0.3 is 0 Å². The predicted octanol–water partition coefficient (Wildman–Crippen LogP) is 4.43. The molecule has 116 valence electrons. The molecule has 0 aliphatic heterocycles. The van der Waals surface area contributed by atoms with Crippen molar-refractivity contribution >= 4 is 0 Å². The molecule has 0 heterocycles. The molecule has 21 heavy (non-hydrogen) atoms. The van der Waals surface area contributed by atoms with Gasteiger partial charge in [0.15, 0.2) is 11.6 Å². The van der Waals surface area contributed by atoms with E-state index < -0.39 is 0 Å². The zero-order chi connectivity index (χ0) is 14.7. The Kier molecular flexibility index (Phi) is 4.79. The number of ether oxygens (including phenoxy) is 1. The summed E-state index contributed by atoms with van der Waals surface area (Å²) in [5, 5.41) is 3.45. The summed E-state index contributed by atoms with van der Waals surface area (Å²) in [6.07, 6.45) is 8.47. The molecule has 0 amide bonds. The van der Waals surface area contributed by atoms with Gasteiger partial charge in [-0.3, -0.25) is 0 Å². The van der Waals surface area contributed by atoms with Gasteiger partial charge in [0.05, 0.1) is 6.10 Å². The molecule has 0 radical (unpaired) electrons. The van der Waals surface area contributed by atoms with Gasteiger partial charge in [0.25, 0.3) is 0 Å². The minimum atomic E-state index is -0.220. The highest BCUT2D eigenvalue weighted by Gasteiger charge is 2.24. The predicted molar refractivity (Wildman–Crippen MR) is 82.9 cm³/mol. The number of rotatable bonds is 6. The van der Waals surface area contributed by atoms with Crippen LogP contribution in [0, 0.1) is 11.7 Å². The second-order valence-electron chi connectivity index (χ2n) is 6.55. The molecule has 3 heteroatoms. The van der Waals surface area contributed by atoms with E-state index in [1.54, 1.807) is 6.07 Å². The van der Waals surface area contributed by atoms with Gasteiger partial charge in [0, 0.05) is 18.2 Å². The van der Waals surface area contributed by atoms with Crippen LogP contribution in [-0.4, -0.2) is 12.1 Å². The van der Waals surface area contributed by atoms with Gasteiger partial charge in [-0.05, 0) is 50.5 Å². The van der Waals surface area contributed by atoms with Gasteiger partial charge in [0.1, 0.15) is 0 Å². The SMILES string of the molecule is CCC1CCC(Oc2c(F)cccc2CNC2CC2)CC1. The highest BCUT2D eigenvalue weighted by atomic mass is 19.1. The third-order valence-corrected chi connectivity index (χ3v) is 4.86. The molecule has 1 N–H and O–H groups in total. The first-order chi connectivity index (χ1) is 10.3. The summed E-state index contributed by atoms with van der Waals surface area (Å²) < 4.78 is 20.2. The molecule has 2 aliphatic rings. The molecule has 3 rings (SSSR count). The molecule has 2 fully saturated rings. The van der Waals surface area contributed by atoms with E-state index in [2.05, 4.69) is 12.2 Å². The first kappa shape index (κ1) is 14.8. The number of halogens is 1. The van der Waals surface area contributed by atoms with E-state index in [4.69, 9.17) is 4.74 Å². The van der Waals surface area contributed by atoms with Gasteiger partial charge in [-0.2, -0.15) is 0 Å². The lowest BCUT2D eigenvalue weighted by Gasteiger charge is -2.29. The minimum Gasteiger partial charge on any atom is -0.487 e. The van der Waals surface area contributed by atoms with Crippen LogP contribution in [0.1, 0.15) is 57.4 Å². The molecule has 0 saturated heterocycles. The summed E-state index contributed by atoms with van der Waals surface area (Å²) >= 11 is 0. The number of hydrogen-bond donors (Lipinski definition) is 1. The molecule has 2 saturated carbocycles. The minimum absolute atomic E-state index is 0.185. The van der Waals surface area contributed by atoms with Crippen LogP contribution in [0.5, 0.6) is 5.75 Å². The fourth-order valence-corrected chi connectivity index (χ4v) is 3.19. The Morgan fingerprint density at radius 3 is 2.57 bits per heavy atom. The first-order valence-electron chi connectivity index (χ1n) is 8.43. The maximum absolute atomic E-state index is 14.1. The largest absolute Gasteiger partial charge is 0.487 e. The molecular formula is C18H26FNO. The Bertz CT molecular complexity index is 464. The van der Waals surface area contributed by atoms with Crippen molar-refractivity contribution in [2.75, 3.05) is 0 Å². The van der Waals surface area contributed by atoms with Crippen molar-refractivity contribution in [2.24, 2.45) is 5.92 Å². The lowest BCUT2D eigenvalue weighted by atomic mass is 9.86. The quantitative estimate of drug-likeness (QED) is 0.837. The monoisotopic (exact) mass is 291 g/mol. The first-order valence-corrected chi connectivity index (χ1v) is 8.43. The average Bonchev–Trinajstić information content (AvgIpc) is 3.33. The van der Waals surface area contributed by atoms with E-state index in [-0.39, 0.29) is 11.9 Å². The van der Waals surface area contributed by atoms with E-state index in [0.29, 0.717) is 18.3 Å². The van der Waals surface area contributed by atoms with Crippen molar-refractivity contribution in [1.29, 1.82) is 0 Å². The highest BCUT2D eigenvalue weighted by Crippen LogP contribution is 2.32. The molecule has 0 bridgehead atoms. The van der Waals surface area contributed by atoms with Crippen LogP contribution in [0.25, 0.3) is 0 Å². The molecule has 0 unspecified atom stereocenters. The standard InChI is InChI=1S/C18H26FNO/c1-2-13-6-10-16(11-7-13)21-18-14(4-3-5-17(18)19)12-20-15-8-9-15/h3-5,13,15-16,20H,2,6-12H2,1H3. The van der Waals surface area contributed by atoms with Crippen molar-refractivity contribution in [3.8, 4) is 5.75 Å². The van der Waals surface area contributed by atoms with Crippen molar-refractivity contribution in [1.82, 2.24) is 5.32 Å². The van der Waals surface area contributed by atoms with Crippen LogP contribution >= 0.6 is 0 Å². The maximum Gasteiger partial charge on any atom is 0.165 e. The molecule has 1 aromatic rings. The molecule has 2 nitrogen and oxygen atoms in total. The van der Waals surface area contributed by atoms with Crippen LogP contribution in [-0.2, 0) is 6.54 Å². The van der Waals surface area contributed by atoms with Gasteiger partial charge in [-0.1, -0.05) is 25.5 Å². The van der Waals surface area contributed by atoms with Crippen LogP contribution in [0.15, 0.2) is 18.2 Å². The number of nitrogens with one attached hydrogen (secondary N) is 1. The molecule has 1 aromatic carbocycles. The summed E-state index contributed by atoms with van der Waals surface area (Å²) in [6.45, 7) is 2.96. The smallest absolute Gasteiger partial charge is 0.165 e. The van der Waals surface area contributed by atoms with Crippen molar-refractivity contribution < 1.29 is 9.13 Å². The topological polar surface area (TPSA) is 21.3 Å². The Morgan fingerprint density at radius 1 is 1.14 bits per heavy atom. The van der Waals surface area contributed by atoms with Crippen LogP contribution in [0.3, 0.4) is 0 Å². The van der Waals surface area contributed by atoms with Crippen molar-refractivity contribution in [3.63, 3.8) is 0 Å². The Balaban J connectivity index is 1.63.